The summed E-state index contributed by atoms with van der Waals surface area (Å²) in [4.78, 5) is 10.7. The molecule has 8 nitrogen and oxygen atoms in total. The topological polar surface area (TPSA) is 87.7 Å². The smallest absolute Gasteiger partial charge is 0.279 e. The van der Waals surface area contributed by atoms with E-state index >= 15 is 0 Å². The highest BCUT2D eigenvalue weighted by molar-refractivity contribution is 7.87. The van der Waals surface area contributed by atoms with Crippen molar-refractivity contribution in [2.45, 2.75) is 19.4 Å². The van der Waals surface area contributed by atoms with E-state index in [1.54, 1.807) is 12.3 Å². The van der Waals surface area contributed by atoms with Crippen LogP contribution in [-0.2, 0) is 21.5 Å². The fourth-order valence-electron chi connectivity index (χ4n) is 2.58. The predicted molar refractivity (Wildman–Crippen MR) is 81.6 cm³/mol. The van der Waals surface area contributed by atoms with Gasteiger partial charge >= 0.3 is 0 Å². The third kappa shape index (κ3) is 3.72. The second-order valence-corrected chi connectivity index (χ2v) is 7.13. The van der Waals surface area contributed by atoms with Crippen LogP contribution in [0.3, 0.4) is 0 Å². The number of anilines is 1. The SMILES string of the molecule is O=S(=O)(NCc1ccnc(N2CCOCC2)n1)N1CCCC1. The maximum absolute atomic E-state index is 12.1. The average Bonchev–Trinajstić information content (AvgIpc) is 3.10. The standard InChI is InChI=1S/C13H21N5O3S/c19-22(20,18-5-1-2-6-18)15-11-12-3-4-14-13(16-12)17-7-9-21-10-8-17/h3-4,15H,1-2,5-11H2. The first-order valence-corrected chi connectivity index (χ1v) is 8.98. The van der Waals surface area contributed by atoms with Crippen molar-refractivity contribution >= 4 is 16.2 Å². The van der Waals surface area contributed by atoms with Gasteiger partial charge in [-0.2, -0.15) is 17.4 Å². The van der Waals surface area contributed by atoms with Crippen LogP contribution in [0.1, 0.15) is 18.5 Å². The molecule has 2 aliphatic rings. The summed E-state index contributed by atoms with van der Waals surface area (Å²) < 4.78 is 33.7. The van der Waals surface area contributed by atoms with E-state index in [2.05, 4.69) is 14.7 Å². The zero-order valence-corrected chi connectivity index (χ0v) is 13.3. The van der Waals surface area contributed by atoms with Gasteiger partial charge in [0.2, 0.25) is 5.95 Å². The second-order valence-electron chi connectivity index (χ2n) is 5.38. The van der Waals surface area contributed by atoms with Crippen LogP contribution in [0.15, 0.2) is 12.3 Å². The lowest BCUT2D eigenvalue weighted by Gasteiger charge is -2.26. The highest BCUT2D eigenvalue weighted by atomic mass is 32.2. The third-order valence-corrected chi connectivity index (χ3v) is 5.39. The molecule has 0 saturated carbocycles. The van der Waals surface area contributed by atoms with E-state index in [-0.39, 0.29) is 6.54 Å². The van der Waals surface area contributed by atoms with Crippen LogP contribution in [0.25, 0.3) is 0 Å². The first kappa shape index (κ1) is 15.6. The summed E-state index contributed by atoms with van der Waals surface area (Å²) in [6.07, 6.45) is 3.52. The first-order chi connectivity index (χ1) is 10.6. The van der Waals surface area contributed by atoms with Gasteiger partial charge in [-0.3, -0.25) is 0 Å². The van der Waals surface area contributed by atoms with Crippen molar-refractivity contribution < 1.29 is 13.2 Å². The summed E-state index contributed by atoms with van der Waals surface area (Å²) in [7, 11) is -3.41. The lowest BCUT2D eigenvalue weighted by atomic mass is 10.4. The largest absolute Gasteiger partial charge is 0.378 e. The molecular formula is C13H21N5O3S. The van der Waals surface area contributed by atoms with E-state index in [4.69, 9.17) is 4.74 Å². The molecule has 0 spiro atoms. The van der Waals surface area contributed by atoms with E-state index < -0.39 is 10.2 Å². The van der Waals surface area contributed by atoms with Crippen molar-refractivity contribution in [1.82, 2.24) is 19.0 Å². The van der Waals surface area contributed by atoms with Crippen molar-refractivity contribution in [2.75, 3.05) is 44.3 Å². The zero-order chi connectivity index (χ0) is 15.4. The van der Waals surface area contributed by atoms with Crippen molar-refractivity contribution in [3.8, 4) is 0 Å². The van der Waals surface area contributed by atoms with Gasteiger partial charge in [0, 0.05) is 32.4 Å². The minimum atomic E-state index is -3.41. The molecule has 9 heteroatoms. The Bertz CT molecular complexity index is 597. The molecule has 0 aromatic carbocycles. The Hall–Kier alpha value is -1.29. The molecule has 2 saturated heterocycles. The number of nitrogens with one attached hydrogen (secondary N) is 1. The van der Waals surface area contributed by atoms with Crippen LogP contribution in [0, 0.1) is 0 Å². The van der Waals surface area contributed by atoms with E-state index in [1.165, 1.54) is 4.31 Å². The van der Waals surface area contributed by atoms with Crippen molar-refractivity contribution in [2.24, 2.45) is 0 Å². The highest BCUT2D eigenvalue weighted by Gasteiger charge is 2.24. The normalized spacial score (nSPS) is 20.5. The van der Waals surface area contributed by atoms with Gasteiger partial charge in [-0.25, -0.2) is 9.97 Å². The molecule has 2 fully saturated rings. The van der Waals surface area contributed by atoms with Crippen LogP contribution in [0.5, 0.6) is 0 Å². The predicted octanol–water partition coefficient (Wildman–Crippen LogP) is -0.257. The minimum absolute atomic E-state index is 0.179. The molecule has 3 heterocycles. The molecule has 1 aromatic heterocycles. The molecule has 0 atom stereocenters. The number of nitrogens with zero attached hydrogens (tertiary/aromatic N) is 4. The molecule has 0 aliphatic carbocycles. The Morgan fingerprint density at radius 2 is 1.91 bits per heavy atom. The number of morpholine rings is 1. The molecule has 2 aliphatic heterocycles. The molecule has 3 rings (SSSR count). The van der Waals surface area contributed by atoms with Crippen molar-refractivity contribution in [3.63, 3.8) is 0 Å². The minimum Gasteiger partial charge on any atom is -0.378 e. The first-order valence-electron chi connectivity index (χ1n) is 7.54. The van der Waals surface area contributed by atoms with Gasteiger partial charge < -0.3 is 9.64 Å². The van der Waals surface area contributed by atoms with Crippen LogP contribution in [0.4, 0.5) is 5.95 Å². The number of aromatic nitrogens is 2. The van der Waals surface area contributed by atoms with Crippen LogP contribution in [0.2, 0.25) is 0 Å². The lowest BCUT2D eigenvalue weighted by Crippen LogP contribution is -2.39. The monoisotopic (exact) mass is 327 g/mol. The summed E-state index contributed by atoms with van der Waals surface area (Å²) in [5, 5.41) is 0. The summed E-state index contributed by atoms with van der Waals surface area (Å²) in [6, 6.07) is 1.73. The average molecular weight is 327 g/mol. The van der Waals surface area contributed by atoms with Crippen molar-refractivity contribution in [1.29, 1.82) is 0 Å². The molecule has 0 radical (unpaired) electrons. The summed E-state index contributed by atoms with van der Waals surface area (Å²) in [6.45, 7) is 4.20. The number of rotatable bonds is 5. The number of hydrogen-bond donors (Lipinski definition) is 1. The van der Waals surface area contributed by atoms with Crippen LogP contribution in [-0.4, -0.2) is 62.1 Å². The Morgan fingerprint density at radius 1 is 1.18 bits per heavy atom. The summed E-state index contributed by atoms with van der Waals surface area (Å²) in [5.74, 6) is 0.626. The molecular weight excluding hydrogens is 306 g/mol. The summed E-state index contributed by atoms with van der Waals surface area (Å²) in [5.41, 5.74) is 0.666. The fraction of sp³-hybridized carbons (Fsp3) is 0.692. The zero-order valence-electron chi connectivity index (χ0n) is 12.4. The fourth-order valence-corrected chi connectivity index (χ4v) is 3.84. The Kier molecular flexibility index (Phi) is 4.87. The Balaban J connectivity index is 1.62. The van der Waals surface area contributed by atoms with Crippen LogP contribution >= 0.6 is 0 Å². The molecule has 122 valence electrons. The maximum atomic E-state index is 12.1. The van der Waals surface area contributed by atoms with Gasteiger partial charge in [0.25, 0.3) is 10.2 Å². The van der Waals surface area contributed by atoms with Gasteiger partial charge in [-0.1, -0.05) is 0 Å². The Morgan fingerprint density at radius 3 is 2.64 bits per heavy atom. The molecule has 22 heavy (non-hydrogen) atoms. The van der Waals surface area contributed by atoms with E-state index in [0.717, 1.165) is 25.9 Å². The Labute approximate surface area is 130 Å². The van der Waals surface area contributed by atoms with Gasteiger partial charge in [-0.15, -0.1) is 0 Å². The van der Waals surface area contributed by atoms with Gasteiger partial charge in [0.05, 0.1) is 25.5 Å². The lowest BCUT2D eigenvalue weighted by molar-refractivity contribution is 0.122. The molecule has 0 unspecified atom stereocenters. The summed E-state index contributed by atoms with van der Waals surface area (Å²) >= 11 is 0. The molecule has 1 N–H and O–H groups in total. The number of ether oxygens (including phenoxy) is 1. The molecule has 0 bridgehead atoms. The molecule has 0 amide bonds. The van der Waals surface area contributed by atoms with Crippen molar-refractivity contribution in [3.05, 3.63) is 18.0 Å². The van der Waals surface area contributed by atoms with E-state index in [1.807, 2.05) is 4.90 Å². The van der Waals surface area contributed by atoms with Gasteiger partial charge in [0.15, 0.2) is 0 Å². The second kappa shape index (κ2) is 6.86. The maximum Gasteiger partial charge on any atom is 0.279 e. The van der Waals surface area contributed by atoms with E-state index in [9.17, 15) is 8.42 Å². The van der Waals surface area contributed by atoms with Crippen LogP contribution < -0.4 is 9.62 Å². The third-order valence-electron chi connectivity index (χ3n) is 3.84. The van der Waals surface area contributed by atoms with Gasteiger partial charge in [0.1, 0.15) is 0 Å². The molecule has 1 aromatic rings. The van der Waals surface area contributed by atoms with Gasteiger partial charge in [-0.05, 0) is 18.9 Å². The quantitative estimate of drug-likeness (QED) is 0.802. The van der Waals surface area contributed by atoms with E-state index in [0.29, 0.717) is 37.9 Å². The highest BCUT2D eigenvalue weighted by Crippen LogP contribution is 2.13. The number of hydrogen-bond acceptors (Lipinski definition) is 6.